The van der Waals surface area contributed by atoms with Gasteiger partial charge in [0.05, 0.1) is 5.56 Å². The number of nitrogens with zero attached hydrogens (tertiary/aromatic N) is 1. The summed E-state index contributed by atoms with van der Waals surface area (Å²) in [5.74, 6) is 0.0916. The van der Waals surface area contributed by atoms with Crippen molar-refractivity contribution in [1.29, 1.82) is 0 Å². The Morgan fingerprint density at radius 3 is 3.05 bits per heavy atom. The molecule has 1 amide bonds. The Morgan fingerprint density at radius 2 is 2.26 bits per heavy atom. The van der Waals surface area contributed by atoms with Gasteiger partial charge in [-0.05, 0) is 59.4 Å². The lowest BCUT2D eigenvalue weighted by molar-refractivity contribution is 0.0784. The number of carbonyl (C=O) groups excluding carboxylic acids is 1. The Labute approximate surface area is 120 Å². The summed E-state index contributed by atoms with van der Waals surface area (Å²) in [6.07, 6.45) is 2.35. The van der Waals surface area contributed by atoms with E-state index in [0.717, 1.165) is 19.6 Å². The molecule has 0 spiro atoms. The maximum atomic E-state index is 13.3. The second-order valence-corrected chi connectivity index (χ2v) is 6.15. The summed E-state index contributed by atoms with van der Waals surface area (Å²) in [4.78, 5) is 14.3. The quantitative estimate of drug-likeness (QED) is 0.859. The second-order valence-electron chi connectivity index (χ2n) is 5.30. The van der Waals surface area contributed by atoms with Crippen LogP contribution >= 0.6 is 15.9 Å². The number of benzene rings is 1. The summed E-state index contributed by atoms with van der Waals surface area (Å²) in [7, 11) is 0. The largest absolute Gasteiger partial charge is 0.337 e. The molecular weight excluding hydrogens is 311 g/mol. The fraction of sp³-hybridized carbons (Fsp3) is 0.500. The zero-order valence-corrected chi connectivity index (χ0v) is 12.1. The lowest BCUT2D eigenvalue weighted by Gasteiger charge is -2.24. The number of amides is 1. The molecule has 3 rings (SSSR count). The molecule has 1 N–H and O–H groups in total. The van der Waals surface area contributed by atoms with E-state index < -0.39 is 0 Å². The smallest absolute Gasteiger partial charge is 0.255 e. The third-order valence-electron chi connectivity index (χ3n) is 4.05. The van der Waals surface area contributed by atoms with E-state index in [4.69, 9.17) is 0 Å². The first-order valence-corrected chi connectivity index (χ1v) is 7.42. The van der Waals surface area contributed by atoms with Gasteiger partial charge in [-0.25, -0.2) is 4.39 Å². The van der Waals surface area contributed by atoms with Gasteiger partial charge < -0.3 is 10.2 Å². The summed E-state index contributed by atoms with van der Waals surface area (Å²) in [5, 5.41) is 3.46. The van der Waals surface area contributed by atoms with Gasteiger partial charge in [-0.15, -0.1) is 0 Å². The molecular formula is C14H16BrFN2O. The average molecular weight is 327 g/mol. The van der Waals surface area contributed by atoms with Crippen LogP contribution in [0, 0.1) is 11.7 Å². The summed E-state index contributed by atoms with van der Waals surface area (Å²) in [5.41, 5.74) is 0.415. The molecule has 1 aromatic carbocycles. The molecule has 2 aliphatic rings. The molecule has 3 nitrogen and oxygen atoms in total. The lowest BCUT2D eigenvalue weighted by Crippen LogP contribution is -2.41. The highest BCUT2D eigenvalue weighted by atomic mass is 79.9. The van der Waals surface area contributed by atoms with Crippen LogP contribution in [0.25, 0.3) is 0 Å². The summed E-state index contributed by atoms with van der Waals surface area (Å²) >= 11 is 3.33. The van der Waals surface area contributed by atoms with Crippen LogP contribution in [0.4, 0.5) is 4.39 Å². The van der Waals surface area contributed by atoms with Crippen LogP contribution in [-0.4, -0.2) is 36.5 Å². The maximum absolute atomic E-state index is 13.3. The van der Waals surface area contributed by atoms with Gasteiger partial charge in [-0.3, -0.25) is 4.79 Å². The van der Waals surface area contributed by atoms with Gasteiger partial charge in [0.1, 0.15) is 5.82 Å². The molecule has 19 heavy (non-hydrogen) atoms. The summed E-state index contributed by atoms with van der Waals surface area (Å²) < 4.78 is 13.9. The Bertz CT molecular complexity index is 494. The highest BCUT2D eigenvalue weighted by Gasteiger charge is 2.37. The van der Waals surface area contributed by atoms with E-state index in [0.29, 0.717) is 22.0 Å². The fourth-order valence-electron chi connectivity index (χ4n) is 3.04. The standard InChI is InChI=1S/C14H16BrFN2O/c15-12-4-3-10(16)6-11(12)14(19)18-7-9-2-1-5-17-13(9)8-18/h3-4,6,9,13,17H,1-2,5,7-8H2. The van der Waals surface area contributed by atoms with Gasteiger partial charge in [0.25, 0.3) is 5.91 Å². The highest BCUT2D eigenvalue weighted by molar-refractivity contribution is 9.10. The van der Waals surface area contributed by atoms with Crippen LogP contribution in [0.15, 0.2) is 22.7 Å². The number of nitrogens with one attached hydrogen (secondary N) is 1. The normalized spacial score (nSPS) is 26.3. The molecule has 2 unspecified atom stereocenters. The van der Waals surface area contributed by atoms with E-state index in [1.807, 2.05) is 4.90 Å². The number of piperidine rings is 1. The molecule has 2 fully saturated rings. The van der Waals surface area contributed by atoms with Crippen molar-refractivity contribution in [2.45, 2.75) is 18.9 Å². The Balaban J connectivity index is 1.79. The average Bonchev–Trinajstić information content (AvgIpc) is 2.84. The number of rotatable bonds is 1. The summed E-state index contributed by atoms with van der Waals surface area (Å²) in [6.45, 7) is 2.54. The van der Waals surface area contributed by atoms with Gasteiger partial charge in [0.15, 0.2) is 0 Å². The van der Waals surface area contributed by atoms with Crippen molar-refractivity contribution < 1.29 is 9.18 Å². The minimum Gasteiger partial charge on any atom is -0.337 e. The first-order chi connectivity index (χ1) is 9.15. The number of carbonyl (C=O) groups is 1. The van der Waals surface area contributed by atoms with E-state index in [-0.39, 0.29) is 11.7 Å². The molecule has 102 valence electrons. The van der Waals surface area contributed by atoms with Gasteiger partial charge in [-0.2, -0.15) is 0 Å². The van der Waals surface area contributed by atoms with Crippen LogP contribution < -0.4 is 5.32 Å². The van der Waals surface area contributed by atoms with Crippen molar-refractivity contribution in [3.63, 3.8) is 0 Å². The Morgan fingerprint density at radius 1 is 1.42 bits per heavy atom. The predicted octanol–water partition coefficient (Wildman–Crippen LogP) is 2.41. The molecule has 2 atom stereocenters. The number of fused-ring (bicyclic) bond motifs is 1. The Kier molecular flexibility index (Phi) is 3.58. The SMILES string of the molecule is O=C(c1cc(F)ccc1Br)N1CC2CCCNC2C1. The molecule has 0 saturated carbocycles. The topological polar surface area (TPSA) is 32.3 Å². The third kappa shape index (κ3) is 2.54. The monoisotopic (exact) mass is 326 g/mol. The van der Waals surface area contributed by atoms with Crippen molar-refractivity contribution in [2.24, 2.45) is 5.92 Å². The molecule has 2 heterocycles. The zero-order chi connectivity index (χ0) is 13.4. The first-order valence-electron chi connectivity index (χ1n) is 6.63. The lowest BCUT2D eigenvalue weighted by atomic mass is 9.94. The highest BCUT2D eigenvalue weighted by Crippen LogP contribution is 2.28. The van der Waals surface area contributed by atoms with Crippen molar-refractivity contribution >= 4 is 21.8 Å². The Hall–Kier alpha value is -0.940. The van der Waals surface area contributed by atoms with E-state index in [1.165, 1.54) is 25.0 Å². The molecule has 0 bridgehead atoms. The van der Waals surface area contributed by atoms with Crippen molar-refractivity contribution in [1.82, 2.24) is 10.2 Å². The first kappa shape index (κ1) is 13.1. The summed E-state index contributed by atoms with van der Waals surface area (Å²) in [6, 6.07) is 4.66. The van der Waals surface area contributed by atoms with E-state index >= 15 is 0 Å². The minimum absolute atomic E-state index is 0.0809. The number of likely N-dealkylation sites (tertiary alicyclic amines) is 1. The molecule has 5 heteroatoms. The van der Waals surface area contributed by atoms with Crippen molar-refractivity contribution in [3.05, 3.63) is 34.1 Å². The molecule has 0 aliphatic carbocycles. The molecule has 0 radical (unpaired) electrons. The van der Waals surface area contributed by atoms with Crippen LogP contribution in [0.3, 0.4) is 0 Å². The number of halogens is 2. The minimum atomic E-state index is -0.374. The van der Waals surface area contributed by atoms with Crippen LogP contribution in [-0.2, 0) is 0 Å². The third-order valence-corrected chi connectivity index (χ3v) is 4.74. The van der Waals surface area contributed by atoms with Gasteiger partial charge in [0, 0.05) is 23.6 Å². The van der Waals surface area contributed by atoms with E-state index in [9.17, 15) is 9.18 Å². The van der Waals surface area contributed by atoms with Crippen molar-refractivity contribution in [2.75, 3.05) is 19.6 Å². The molecule has 1 aromatic rings. The van der Waals surface area contributed by atoms with Crippen LogP contribution in [0.1, 0.15) is 23.2 Å². The van der Waals surface area contributed by atoms with Gasteiger partial charge in [0.2, 0.25) is 0 Å². The van der Waals surface area contributed by atoms with Gasteiger partial charge in [-0.1, -0.05) is 0 Å². The number of hydrogen-bond acceptors (Lipinski definition) is 2. The fourth-order valence-corrected chi connectivity index (χ4v) is 3.46. The van der Waals surface area contributed by atoms with E-state index in [1.54, 1.807) is 6.07 Å². The van der Waals surface area contributed by atoms with Crippen molar-refractivity contribution in [3.8, 4) is 0 Å². The maximum Gasteiger partial charge on any atom is 0.255 e. The predicted molar refractivity (Wildman–Crippen MR) is 74.5 cm³/mol. The molecule has 0 aromatic heterocycles. The molecule has 2 saturated heterocycles. The van der Waals surface area contributed by atoms with Crippen LogP contribution in [0.2, 0.25) is 0 Å². The van der Waals surface area contributed by atoms with Crippen LogP contribution in [0.5, 0.6) is 0 Å². The van der Waals surface area contributed by atoms with Gasteiger partial charge >= 0.3 is 0 Å². The second kappa shape index (κ2) is 5.21. The van der Waals surface area contributed by atoms with E-state index in [2.05, 4.69) is 21.2 Å². The zero-order valence-electron chi connectivity index (χ0n) is 10.5. The molecule has 2 aliphatic heterocycles. The number of hydrogen-bond donors (Lipinski definition) is 1.